The smallest absolute Gasteiger partial charge is 0.197 e. The standard InChI is InChI=1S/C17H19N3O3S/c1-10-8-18-15(11(2)16(10)23-4)9-24(21)17-19-13-6-5-12(22-3)7-14(13)20-17/h5-8H,9H2,1-4H3,(H,19,20)/i7D. The summed E-state index contributed by atoms with van der Waals surface area (Å²) in [6, 6.07) is 3.61. The van der Waals surface area contributed by atoms with E-state index >= 15 is 0 Å². The number of aromatic amines is 1. The predicted octanol–water partition coefficient (Wildman–Crippen LogP) is 2.90. The van der Waals surface area contributed by atoms with Crippen molar-refractivity contribution in [2.75, 3.05) is 14.2 Å². The molecule has 0 spiro atoms. The van der Waals surface area contributed by atoms with E-state index in [1.807, 2.05) is 13.8 Å². The lowest BCUT2D eigenvalue weighted by atomic mass is 10.1. The molecule has 2 heterocycles. The first-order valence-electron chi connectivity index (χ1n) is 7.87. The van der Waals surface area contributed by atoms with Gasteiger partial charge in [-0.15, -0.1) is 0 Å². The van der Waals surface area contributed by atoms with Crippen LogP contribution in [0.4, 0.5) is 0 Å². The molecule has 0 aliphatic carbocycles. The SMILES string of the molecule is [2H]c1c(OC)ccc2nc(S(=O)Cc3ncc(C)c(OC)c3C)[nH]c12. The summed E-state index contributed by atoms with van der Waals surface area (Å²) in [5, 5.41) is 0.317. The van der Waals surface area contributed by atoms with E-state index in [4.69, 9.17) is 10.8 Å². The minimum Gasteiger partial charge on any atom is -0.497 e. The van der Waals surface area contributed by atoms with Gasteiger partial charge in [0.05, 0.1) is 48.9 Å². The summed E-state index contributed by atoms with van der Waals surface area (Å²) >= 11 is 0. The van der Waals surface area contributed by atoms with E-state index < -0.39 is 10.8 Å². The molecule has 0 aliphatic rings. The summed E-state index contributed by atoms with van der Waals surface area (Å²) in [7, 11) is 1.70. The molecule has 1 unspecified atom stereocenters. The number of fused-ring (bicyclic) bond motifs is 1. The molecule has 3 aromatic rings. The highest BCUT2D eigenvalue weighted by Crippen LogP contribution is 2.26. The molecule has 7 heteroatoms. The maximum atomic E-state index is 12.7. The third kappa shape index (κ3) is 2.99. The first-order chi connectivity index (χ1) is 12.0. The highest BCUT2D eigenvalue weighted by molar-refractivity contribution is 7.84. The lowest BCUT2D eigenvalue weighted by Crippen LogP contribution is -2.05. The second-order valence-corrected chi connectivity index (χ2v) is 6.73. The van der Waals surface area contributed by atoms with Crippen LogP contribution in [0.25, 0.3) is 11.0 Å². The third-order valence-electron chi connectivity index (χ3n) is 3.80. The molecule has 0 radical (unpaired) electrons. The Morgan fingerprint density at radius 1 is 1.29 bits per heavy atom. The van der Waals surface area contributed by atoms with Gasteiger partial charge in [0.25, 0.3) is 0 Å². The van der Waals surface area contributed by atoms with E-state index in [2.05, 4.69) is 15.0 Å². The van der Waals surface area contributed by atoms with E-state index in [0.29, 0.717) is 27.6 Å². The number of aromatic nitrogens is 3. The van der Waals surface area contributed by atoms with Gasteiger partial charge in [0.1, 0.15) is 11.5 Å². The number of nitrogens with zero attached hydrogens (tertiary/aromatic N) is 2. The average Bonchev–Trinajstić information content (AvgIpc) is 3.03. The molecule has 0 bridgehead atoms. The average molecular weight is 346 g/mol. The van der Waals surface area contributed by atoms with Crippen LogP contribution in [0, 0.1) is 13.8 Å². The van der Waals surface area contributed by atoms with Crippen LogP contribution in [0.3, 0.4) is 0 Å². The van der Waals surface area contributed by atoms with Crippen molar-refractivity contribution in [3.8, 4) is 11.5 Å². The summed E-state index contributed by atoms with van der Waals surface area (Å²) in [4.78, 5) is 11.7. The summed E-state index contributed by atoms with van der Waals surface area (Å²) in [5.41, 5.74) is 3.60. The molecule has 1 N–H and O–H groups in total. The van der Waals surface area contributed by atoms with Crippen molar-refractivity contribution < 1.29 is 15.1 Å². The summed E-state index contributed by atoms with van der Waals surface area (Å²) in [5.74, 6) is 1.41. The van der Waals surface area contributed by atoms with E-state index in [-0.39, 0.29) is 11.8 Å². The van der Waals surface area contributed by atoms with Crippen molar-refractivity contribution in [3.05, 3.63) is 41.2 Å². The molecule has 0 saturated carbocycles. The first kappa shape index (κ1) is 15.1. The van der Waals surface area contributed by atoms with Crippen LogP contribution >= 0.6 is 0 Å². The van der Waals surface area contributed by atoms with Crippen LogP contribution in [-0.4, -0.2) is 33.4 Å². The number of H-pyrrole nitrogens is 1. The number of aryl methyl sites for hydroxylation is 1. The fourth-order valence-corrected chi connectivity index (χ4v) is 3.63. The molecule has 24 heavy (non-hydrogen) atoms. The zero-order valence-electron chi connectivity index (χ0n) is 15.0. The Kier molecular flexibility index (Phi) is 4.17. The molecule has 2 aromatic heterocycles. The van der Waals surface area contributed by atoms with Gasteiger partial charge in [0, 0.05) is 23.4 Å². The van der Waals surface area contributed by atoms with Crippen LogP contribution in [-0.2, 0) is 16.6 Å². The number of methoxy groups -OCH3 is 2. The van der Waals surface area contributed by atoms with E-state index in [0.717, 1.165) is 16.9 Å². The van der Waals surface area contributed by atoms with E-state index in [9.17, 15) is 4.21 Å². The second kappa shape index (κ2) is 6.60. The fraction of sp³-hybridized carbons (Fsp3) is 0.294. The molecule has 1 aromatic carbocycles. The predicted molar refractivity (Wildman–Crippen MR) is 93.0 cm³/mol. The topological polar surface area (TPSA) is 77.1 Å². The van der Waals surface area contributed by atoms with Gasteiger partial charge in [-0.2, -0.15) is 0 Å². The number of pyridine rings is 1. The first-order valence-corrected chi connectivity index (χ1v) is 8.69. The number of imidazole rings is 1. The molecule has 3 rings (SSSR count). The summed E-state index contributed by atoms with van der Waals surface area (Å²) in [6.07, 6.45) is 1.71. The van der Waals surface area contributed by atoms with Crippen LogP contribution < -0.4 is 9.47 Å². The molecular formula is C17H19N3O3S. The maximum Gasteiger partial charge on any atom is 0.197 e. The van der Waals surface area contributed by atoms with Crippen LogP contribution in [0.5, 0.6) is 11.5 Å². The zero-order valence-corrected chi connectivity index (χ0v) is 14.8. The van der Waals surface area contributed by atoms with E-state index in [1.54, 1.807) is 25.4 Å². The largest absolute Gasteiger partial charge is 0.497 e. The van der Waals surface area contributed by atoms with Gasteiger partial charge >= 0.3 is 0 Å². The Hall–Kier alpha value is -2.41. The van der Waals surface area contributed by atoms with Crippen molar-refractivity contribution in [3.63, 3.8) is 0 Å². The van der Waals surface area contributed by atoms with Gasteiger partial charge in [-0.1, -0.05) is 0 Å². The molecule has 0 amide bonds. The molecule has 0 saturated heterocycles. The Morgan fingerprint density at radius 3 is 2.79 bits per heavy atom. The minimum absolute atomic E-state index is 0.196. The Balaban J connectivity index is 1.94. The number of rotatable bonds is 5. The van der Waals surface area contributed by atoms with Crippen LogP contribution in [0.2, 0.25) is 0 Å². The molecular weight excluding hydrogens is 326 g/mol. The van der Waals surface area contributed by atoms with Gasteiger partial charge < -0.3 is 14.5 Å². The van der Waals surface area contributed by atoms with Crippen LogP contribution in [0.1, 0.15) is 18.2 Å². The van der Waals surface area contributed by atoms with Crippen molar-refractivity contribution in [1.82, 2.24) is 15.0 Å². The summed E-state index contributed by atoms with van der Waals surface area (Å²) in [6.45, 7) is 3.82. The van der Waals surface area contributed by atoms with Crippen molar-refractivity contribution >= 4 is 21.8 Å². The quantitative estimate of drug-likeness (QED) is 0.769. The van der Waals surface area contributed by atoms with Crippen molar-refractivity contribution in [1.29, 1.82) is 0 Å². The molecule has 1 atom stereocenters. The van der Waals surface area contributed by atoms with Crippen molar-refractivity contribution in [2.24, 2.45) is 0 Å². The molecule has 0 aliphatic heterocycles. The maximum absolute atomic E-state index is 12.7. The number of hydrogen-bond acceptors (Lipinski definition) is 5. The lowest BCUT2D eigenvalue weighted by Gasteiger charge is -2.11. The Morgan fingerprint density at radius 2 is 2.08 bits per heavy atom. The minimum atomic E-state index is -1.42. The van der Waals surface area contributed by atoms with Gasteiger partial charge in [0.2, 0.25) is 0 Å². The zero-order chi connectivity index (χ0) is 18.1. The fourth-order valence-electron chi connectivity index (χ4n) is 2.54. The Labute approximate surface area is 144 Å². The molecule has 6 nitrogen and oxygen atoms in total. The lowest BCUT2D eigenvalue weighted by molar-refractivity contribution is 0.407. The highest BCUT2D eigenvalue weighted by Gasteiger charge is 2.16. The number of benzene rings is 1. The monoisotopic (exact) mass is 346 g/mol. The number of hydrogen-bond donors (Lipinski definition) is 1. The van der Waals surface area contributed by atoms with E-state index in [1.165, 1.54) is 7.11 Å². The van der Waals surface area contributed by atoms with Gasteiger partial charge in [-0.25, -0.2) is 4.98 Å². The van der Waals surface area contributed by atoms with Gasteiger partial charge in [0.15, 0.2) is 5.16 Å². The molecule has 0 fully saturated rings. The number of ether oxygens (including phenoxy) is 2. The van der Waals surface area contributed by atoms with Crippen molar-refractivity contribution in [2.45, 2.75) is 24.8 Å². The number of nitrogens with one attached hydrogen (secondary N) is 1. The summed E-state index contributed by atoms with van der Waals surface area (Å²) < 4.78 is 31.4. The Bertz CT molecular complexity index is 971. The van der Waals surface area contributed by atoms with Gasteiger partial charge in [-0.05, 0) is 26.0 Å². The third-order valence-corrected chi connectivity index (χ3v) is 4.96. The second-order valence-electron chi connectivity index (χ2n) is 5.36. The highest BCUT2D eigenvalue weighted by atomic mass is 32.2. The normalized spacial score (nSPS) is 12.9. The molecule has 126 valence electrons. The van der Waals surface area contributed by atoms with Crippen LogP contribution in [0.15, 0.2) is 29.5 Å². The van der Waals surface area contributed by atoms with Gasteiger partial charge in [-0.3, -0.25) is 9.19 Å².